The number of amides is 3. The first-order valence-corrected chi connectivity index (χ1v) is 9.92. The number of benzene rings is 3. The van der Waals surface area contributed by atoms with Crippen molar-refractivity contribution in [3.05, 3.63) is 78.4 Å². The number of methoxy groups -OCH3 is 1. The Hall–Kier alpha value is -3.91. The zero-order chi connectivity index (χ0) is 20.9. The molecule has 0 radical (unpaired) electrons. The molecule has 150 valence electrons. The van der Waals surface area contributed by atoms with E-state index in [0.717, 1.165) is 4.70 Å². The van der Waals surface area contributed by atoms with Crippen LogP contribution in [0.2, 0.25) is 0 Å². The van der Waals surface area contributed by atoms with Crippen LogP contribution < -0.4 is 20.7 Å². The number of anilines is 3. The van der Waals surface area contributed by atoms with Crippen molar-refractivity contribution in [2.75, 3.05) is 23.1 Å². The lowest BCUT2D eigenvalue weighted by Crippen LogP contribution is -2.19. The Morgan fingerprint density at radius 3 is 2.23 bits per heavy atom. The normalized spacial score (nSPS) is 10.4. The van der Waals surface area contributed by atoms with Gasteiger partial charge in [0.2, 0.25) is 0 Å². The Bertz CT molecular complexity index is 1190. The van der Waals surface area contributed by atoms with Crippen molar-refractivity contribution in [1.82, 2.24) is 4.98 Å². The Morgan fingerprint density at radius 2 is 1.53 bits per heavy atom. The molecule has 0 saturated carbocycles. The van der Waals surface area contributed by atoms with E-state index in [1.54, 1.807) is 48.5 Å². The molecule has 3 amide bonds. The van der Waals surface area contributed by atoms with Crippen LogP contribution in [0.4, 0.5) is 21.3 Å². The molecule has 4 rings (SSSR count). The molecular formula is C22H18N4O3S. The van der Waals surface area contributed by atoms with Crippen LogP contribution in [0.25, 0.3) is 10.2 Å². The summed E-state index contributed by atoms with van der Waals surface area (Å²) < 4.78 is 6.20. The first kappa shape index (κ1) is 19.4. The monoisotopic (exact) mass is 418 g/mol. The number of nitrogens with zero attached hydrogens (tertiary/aromatic N) is 1. The summed E-state index contributed by atoms with van der Waals surface area (Å²) in [5.41, 5.74) is 2.40. The van der Waals surface area contributed by atoms with Gasteiger partial charge in [0.05, 0.1) is 11.8 Å². The molecule has 8 heteroatoms. The molecule has 1 heterocycles. The van der Waals surface area contributed by atoms with Crippen LogP contribution in [0.5, 0.6) is 5.75 Å². The largest absolute Gasteiger partial charge is 0.494 e. The lowest BCUT2D eigenvalue weighted by Gasteiger charge is -2.09. The van der Waals surface area contributed by atoms with Crippen LogP contribution in [-0.4, -0.2) is 24.0 Å². The third kappa shape index (κ3) is 4.39. The van der Waals surface area contributed by atoms with Gasteiger partial charge >= 0.3 is 6.03 Å². The molecule has 30 heavy (non-hydrogen) atoms. The Morgan fingerprint density at radius 1 is 0.867 bits per heavy atom. The van der Waals surface area contributed by atoms with Crippen LogP contribution in [0.3, 0.4) is 0 Å². The number of fused-ring (bicyclic) bond motifs is 1. The first-order valence-electron chi connectivity index (χ1n) is 9.10. The number of para-hydroxylation sites is 1. The van der Waals surface area contributed by atoms with Crippen molar-refractivity contribution < 1.29 is 14.3 Å². The van der Waals surface area contributed by atoms with Crippen molar-refractivity contribution >= 4 is 50.0 Å². The van der Waals surface area contributed by atoms with E-state index >= 15 is 0 Å². The molecule has 3 N–H and O–H groups in total. The maximum absolute atomic E-state index is 12.4. The fourth-order valence-electron chi connectivity index (χ4n) is 2.85. The molecule has 0 aliphatic carbocycles. The third-order valence-electron chi connectivity index (χ3n) is 4.23. The molecule has 1 aromatic heterocycles. The van der Waals surface area contributed by atoms with Crippen LogP contribution in [0, 0.1) is 0 Å². The van der Waals surface area contributed by atoms with Gasteiger partial charge in [-0.25, -0.2) is 9.78 Å². The van der Waals surface area contributed by atoms with E-state index in [1.165, 1.54) is 18.4 Å². The first-order chi connectivity index (χ1) is 14.6. The molecule has 4 aromatic rings. The molecule has 0 aliphatic rings. The van der Waals surface area contributed by atoms with Gasteiger partial charge in [0.25, 0.3) is 5.91 Å². The summed E-state index contributed by atoms with van der Waals surface area (Å²) >= 11 is 1.30. The standard InChI is InChI=1S/C22H18N4O3S/c1-29-17-12-16(24-21(28)23-15-10-6-3-7-11-15)13-18-19(17)25-22(30-18)26-20(27)14-8-4-2-5-9-14/h2-13H,1H3,(H2,23,24,28)(H,25,26,27). The summed E-state index contributed by atoms with van der Waals surface area (Å²) in [6.07, 6.45) is 0. The Kier molecular flexibility index (Phi) is 5.58. The summed E-state index contributed by atoms with van der Waals surface area (Å²) in [5, 5.41) is 8.81. The van der Waals surface area contributed by atoms with E-state index in [-0.39, 0.29) is 11.9 Å². The van der Waals surface area contributed by atoms with Crippen molar-refractivity contribution in [2.45, 2.75) is 0 Å². The molecule has 0 saturated heterocycles. The van der Waals surface area contributed by atoms with Gasteiger partial charge in [-0.1, -0.05) is 47.7 Å². The van der Waals surface area contributed by atoms with Gasteiger partial charge < -0.3 is 15.4 Å². The summed E-state index contributed by atoms with van der Waals surface area (Å²) in [6, 6.07) is 21.2. The minimum atomic E-state index is -0.371. The molecule has 0 bridgehead atoms. The van der Waals surface area contributed by atoms with Gasteiger partial charge in [0.1, 0.15) is 11.3 Å². The highest BCUT2D eigenvalue weighted by Gasteiger charge is 2.15. The van der Waals surface area contributed by atoms with Gasteiger partial charge in [-0.2, -0.15) is 0 Å². The van der Waals surface area contributed by atoms with E-state index in [0.29, 0.717) is 33.3 Å². The molecule has 0 aliphatic heterocycles. The van der Waals surface area contributed by atoms with Crippen molar-refractivity contribution in [2.24, 2.45) is 0 Å². The fraction of sp³-hybridized carbons (Fsp3) is 0.0455. The summed E-state index contributed by atoms with van der Waals surface area (Å²) in [5.74, 6) is 0.258. The van der Waals surface area contributed by atoms with Gasteiger partial charge in [0, 0.05) is 23.0 Å². The van der Waals surface area contributed by atoms with E-state index in [1.807, 2.05) is 24.3 Å². The number of ether oxygens (including phenoxy) is 1. The number of urea groups is 1. The number of thiazole rings is 1. The number of rotatable bonds is 5. The minimum absolute atomic E-state index is 0.241. The molecule has 7 nitrogen and oxygen atoms in total. The average molecular weight is 418 g/mol. The molecule has 0 fully saturated rings. The van der Waals surface area contributed by atoms with E-state index in [2.05, 4.69) is 20.9 Å². The number of carbonyl (C=O) groups excluding carboxylic acids is 2. The van der Waals surface area contributed by atoms with Crippen LogP contribution in [0.15, 0.2) is 72.8 Å². The minimum Gasteiger partial charge on any atom is -0.494 e. The summed E-state index contributed by atoms with van der Waals surface area (Å²) in [4.78, 5) is 29.2. The van der Waals surface area contributed by atoms with Crippen molar-refractivity contribution in [3.63, 3.8) is 0 Å². The van der Waals surface area contributed by atoms with Gasteiger partial charge in [-0.3, -0.25) is 10.1 Å². The summed E-state index contributed by atoms with van der Waals surface area (Å²) in [7, 11) is 1.53. The van der Waals surface area contributed by atoms with E-state index in [9.17, 15) is 9.59 Å². The number of carbonyl (C=O) groups is 2. The average Bonchev–Trinajstić information content (AvgIpc) is 3.16. The molecule has 0 spiro atoms. The third-order valence-corrected chi connectivity index (χ3v) is 5.14. The molecule has 3 aromatic carbocycles. The van der Waals surface area contributed by atoms with Crippen LogP contribution >= 0.6 is 11.3 Å². The quantitative estimate of drug-likeness (QED) is 0.415. The van der Waals surface area contributed by atoms with Crippen molar-refractivity contribution in [3.8, 4) is 5.75 Å². The lowest BCUT2D eigenvalue weighted by molar-refractivity contribution is 0.102. The van der Waals surface area contributed by atoms with Gasteiger partial charge in [-0.05, 0) is 30.3 Å². The second-order valence-electron chi connectivity index (χ2n) is 6.31. The lowest BCUT2D eigenvalue weighted by atomic mass is 10.2. The van der Waals surface area contributed by atoms with Crippen LogP contribution in [-0.2, 0) is 0 Å². The second-order valence-corrected chi connectivity index (χ2v) is 7.34. The topological polar surface area (TPSA) is 92.4 Å². The highest BCUT2D eigenvalue weighted by Crippen LogP contribution is 2.35. The maximum Gasteiger partial charge on any atom is 0.323 e. The molecule has 0 unspecified atom stereocenters. The van der Waals surface area contributed by atoms with E-state index < -0.39 is 0 Å². The zero-order valence-corrected chi connectivity index (χ0v) is 16.8. The number of aromatic nitrogens is 1. The van der Waals surface area contributed by atoms with Gasteiger partial charge in [0.15, 0.2) is 5.13 Å². The predicted molar refractivity (Wildman–Crippen MR) is 120 cm³/mol. The summed E-state index contributed by atoms with van der Waals surface area (Å²) in [6.45, 7) is 0. The zero-order valence-electron chi connectivity index (χ0n) is 16.0. The highest BCUT2D eigenvalue weighted by atomic mass is 32.1. The van der Waals surface area contributed by atoms with E-state index in [4.69, 9.17) is 4.74 Å². The van der Waals surface area contributed by atoms with Crippen molar-refractivity contribution in [1.29, 1.82) is 0 Å². The highest BCUT2D eigenvalue weighted by molar-refractivity contribution is 7.22. The second kappa shape index (κ2) is 8.62. The van der Waals surface area contributed by atoms with Gasteiger partial charge in [-0.15, -0.1) is 0 Å². The molecular weight excluding hydrogens is 400 g/mol. The Labute approximate surface area is 176 Å². The smallest absolute Gasteiger partial charge is 0.323 e. The number of hydrogen-bond acceptors (Lipinski definition) is 5. The van der Waals surface area contributed by atoms with Crippen LogP contribution in [0.1, 0.15) is 10.4 Å². The fourth-order valence-corrected chi connectivity index (χ4v) is 3.77. The maximum atomic E-state index is 12.4. The SMILES string of the molecule is COc1cc(NC(=O)Nc2ccccc2)cc2sc(NC(=O)c3ccccc3)nc12. The number of nitrogens with one attached hydrogen (secondary N) is 3. The predicted octanol–water partition coefficient (Wildman–Crippen LogP) is 5.20. The Balaban J connectivity index is 1.54. The number of hydrogen-bond donors (Lipinski definition) is 3. The molecule has 0 atom stereocenters.